The fraction of sp³-hybridized carbons (Fsp3) is 0.385. The van der Waals surface area contributed by atoms with Crippen molar-refractivity contribution >= 4 is 0 Å². The van der Waals surface area contributed by atoms with Crippen LogP contribution in [0.1, 0.15) is 29.7 Å². The van der Waals surface area contributed by atoms with E-state index in [9.17, 15) is 0 Å². The standard InChI is InChI=1S/C13H15NO/c1-10-13-5-4-11(3-2-8-15)9-12(13)6-7-14-10/h4-5,9-10,14-15H,6-8H2,1H3. The van der Waals surface area contributed by atoms with E-state index >= 15 is 0 Å². The maximum atomic E-state index is 8.62. The first kappa shape index (κ1) is 10.2. The average molecular weight is 201 g/mol. The van der Waals surface area contributed by atoms with Crippen LogP contribution >= 0.6 is 0 Å². The molecule has 2 nitrogen and oxygen atoms in total. The summed E-state index contributed by atoms with van der Waals surface area (Å²) in [4.78, 5) is 0. The molecule has 0 bridgehead atoms. The number of fused-ring (bicyclic) bond motifs is 1. The Morgan fingerprint density at radius 1 is 1.53 bits per heavy atom. The molecular formula is C13H15NO. The molecule has 0 radical (unpaired) electrons. The molecule has 2 rings (SSSR count). The first-order valence-electron chi connectivity index (χ1n) is 5.27. The van der Waals surface area contributed by atoms with Gasteiger partial charge in [0.25, 0.3) is 0 Å². The maximum Gasteiger partial charge on any atom is 0.104 e. The molecule has 15 heavy (non-hydrogen) atoms. The predicted octanol–water partition coefficient (Wildman–Crippen LogP) is 1.24. The lowest BCUT2D eigenvalue weighted by molar-refractivity contribution is 0.350. The minimum absolute atomic E-state index is 0.0744. The van der Waals surface area contributed by atoms with Crippen molar-refractivity contribution in [3.63, 3.8) is 0 Å². The molecule has 0 amide bonds. The van der Waals surface area contributed by atoms with E-state index in [1.54, 1.807) is 0 Å². The highest BCUT2D eigenvalue weighted by Crippen LogP contribution is 2.23. The number of nitrogens with one attached hydrogen (secondary N) is 1. The largest absolute Gasteiger partial charge is 0.384 e. The second-order valence-electron chi connectivity index (χ2n) is 3.80. The van der Waals surface area contributed by atoms with Gasteiger partial charge in [-0.15, -0.1) is 0 Å². The molecule has 1 unspecified atom stereocenters. The summed E-state index contributed by atoms with van der Waals surface area (Å²) in [5, 5.41) is 12.0. The van der Waals surface area contributed by atoms with Crippen LogP contribution in [0.4, 0.5) is 0 Å². The van der Waals surface area contributed by atoms with Crippen molar-refractivity contribution in [3.05, 3.63) is 34.9 Å². The van der Waals surface area contributed by atoms with Crippen LogP contribution in [0.3, 0.4) is 0 Å². The van der Waals surface area contributed by atoms with E-state index in [1.807, 2.05) is 6.07 Å². The molecule has 0 spiro atoms. The smallest absolute Gasteiger partial charge is 0.104 e. The van der Waals surface area contributed by atoms with Gasteiger partial charge in [-0.2, -0.15) is 0 Å². The van der Waals surface area contributed by atoms with Crippen molar-refractivity contribution in [1.82, 2.24) is 5.32 Å². The van der Waals surface area contributed by atoms with Gasteiger partial charge in [-0.1, -0.05) is 17.9 Å². The van der Waals surface area contributed by atoms with Crippen molar-refractivity contribution in [2.75, 3.05) is 13.2 Å². The third-order valence-corrected chi connectivity index (χ3v) is 2.77. The van der Waals surface area contributed by atoms with Crippen LogP contribution in [0.5, 0.6) is 0 Å². The Morgan fingerprint density at radius 2 is 2.40 bits per heavy atom. The highest BCUT2D eigenvalue weighted by Gasteiger charge is 2.14. The predicted molar refractivity (Wildman–Crippen MR) is 60.5 cm³/mol. The van der Waals surface area contributed by atoms with Crippen LogP contribution in [-0.2, 0) is 6.42 Å². The first-order valence-corrected chi connectivity index (χ1v) is 5.27. The molecule has 78 valence electrons. The van der Waals surface area contributed by atoms with E-state index in [0.717, 1.165) is 18.5 Å². The molecule has 1 atom stereocenters. The van der Waals surface area contributed by atoms with E-state index in [1.165, 1.54) is 11.1 Å². The highest BCUT2D eigenvalue weighted by atomic mass is 16.2. The second kappa shape index (κ2) is 4.48. The molecular weight excluding hydrogens is 186 g/mol. The van der Waals surface area contributed by atoms with Crippen molar-refractivity contribution in [3.8, 4) is 11.8 Å². The third-order valence-electron chi connectivity index (χ3n) is 2.77. The summed E-state index contributed by atoms with van der Waals surface area (Å²) in [6.07, 6.45) is 1.06. The normalized spacial score (nSPS) is 18.9. The summed E-state index contributed by atoms with van der Waals surface area (Å²) in [5.41, 5.74) is 3.75. The minimum Gasteiger partial charge on any atom is -0.384 e. The van der Waals surface area contributed by atoms with Gasteiger partial charge in [0.2, 0.25) is 0 Å². The van der Waals surface area contributed by atoms with Crippen LogP contribution in [-0.4, -0.2) is 18.3 Å². The quantitative estimate of drug-likeness (QED) is 0.619. The molecule has 1 aromatic carbocycles. The molecule has 1 heterocycles. The van der Waals surface area contributed by atoms with Gasteiger partial charge in [0.1, 0.15) is 6.61 Å². The molecule has 0 aliphatic carbocycles. The fourth-order valence-corrected chi connectivity index (χ4v) is 2.00. The van der Waals surface area contributed by atoms with Crippen molar-refractivity contribution in [1.29, 1.82) is 0 Å². The highest BCUT2D eigenvalue weighted by molar-refractivity contribution is 5.43. The van der Waals surface area contributed by atoms with E-state index in [4.69, 9.17) is 5.11 Å². The zero-order valence-corrected chi connectivity index (χ0v) is 8.88. The van der Waals surface area contributed by atoms with Crippen LogP contribution < -0.4 is 5.32 Å². The molecule has 0 aromatic heterocycles. The molecule has 1 aliphatic heterocycles. The zero-order chi connectivity index (χ0) is 10.7. The monoisotopic (exact) mass is 201 g/mol. The molecule has 2 heteroatoms. The summed E-state index contributed by atoms with van der Waals surface area (Å²) in [6, 6.07) is 6.72. The average Bonchev–Trinajstić information content (AvgIpc) is 2.26. The topological polar surface area (TPSA) is 32.3 Å². The Balaban J connectivity index is 2.33. The maximum absolute atomic E-state index is 8.62. The Labute approximate surface area is 90.3 Å². The van der Waals surface area contributed by atoms with Crippen LogP contribution in [0.25, 0.3) is 0 Å². The summed E-state index contributed by atoms with van der Waals surface area (Å²) in [7, 11) is 0. The molecule has 2 N–H and O–H groups in total. The van der Waals surface area contributed by atoms with Gasteiger partial charge in [0.15, 0.2) is 0 Å². The fourth-order valence-electron chi connectivity index (χ4n) is 2.00. The summed E-state index contributed by atoms with van der Waals surface area (Å²) < 4.78 is 0. The number of aliphatic hydroxyl groups is 1. The molecule has 1 aromatic rings. The minimum atomic E-state index is -0.0744. The van der Waals surface area contributed by atoms with Gasteiger partial charge in [0, 0.05) is 11.6 Å². The van der Waals surface area contributed by atoms with Gasteiger partial charge in [-0.25, -0.2) is 0 Å². The molecule has 0 fully saturated rings. The van der Waals surface area contributed by atoms with Crippen LogP contribution in [0, 0.1) is 11.8 Å². The van der Waals surface area contributed by atoms with E-state index in [-0.39, 0.29) is 6.61 Å². The molecule has 0 saturated carbocycles. The lowest BCUT2D eigenvalue weighted by Crippen LogP contribution is -2.27. The Hall–Kier alpha value is -1.30. The Morgan fingerprint density at radius 3 is 3.20 bits per heavy atom. The van der Waals surface area contributed by atoms with Gasteiger partial charge in [-0.05, 0) is 43.1 Å². The molecule has 0 saturated heterocycles. The Bertz CT molecular complexity index is 414. The lowest BCUT2D eigenvalue weighted by Gasteiger charge is -2.23. The van der Waals surface area contributed by atoms with Gasteiger partial charge in [-0.3, -0.25) is 0 Å². The number of hydrogen-bond donors (Lipinski definition) is 2. The van der Waals surface area contributed by atoms with Gasteiger partial charge in [0.05, 0.1) is 0 Å². The van der Waals surface area contributed by atoms with Crippen LogP contribution in [0.2, 0.25) is 0 Å². The van der Waals surface area contributed by atoms with Crippen molar-refractivity contribution in [2.24, 2.45) is 0 Å². The number of aliphatic hydroxyl groups excluding tert-OH is 1. The van der Waals surface area contributed by atoms with Gasteiger partial charge < -0.3 is 10.4 Å². The Kier molecular flexibility index (Phi) is 3.05. The van der Waals surface area contributed by atoms with E-state index < -0.39 is 0 Å². The third kappa shape index (κ3) is 2.20. The van der Waals surface area contributed by atoms with E-state index in [2.05, 4.69) is 36.2 Å². The van der Waals surface area contributed by atoms with Crippen LogP contribution in [0.15, 0.2) is 18.2 Å². The summed E-state index contributed by atoms with van der Waals surface area (Å²) in [5.74, 6) is 5.61. The van der Waals surface area contributed by atoms with E-state index in [0.29, 0.717) is 6.04 Å². The number of hydrogen-bond acceptors (Lipinski definition) is 2. The SMILES string of the molecule is CC1NCCc2cc(C#CCO)ccc21. The van der Waals surface area contributed by atoms with Crippen molar-refractivity contribution < 1.29 is 5.11 Å². The number of rotatable bonds is 0. The summed E-state index contributed by atoms with van der Waals surface area (Å²) >= 11 is 0. The zero-order valence-electron chi connectivity index (χ0n) is 8.88. The number of benzene rings is 1. The lowest BCUT2D eigenvalue weighted by atomic mass is 9.93. The summed E-state index contributed by atoms with van der Waals surface area (Å²) in [6.45, 7) is 3.14. The first-order chi connectivity index (χ1) is 7.31. The molecule has 1 aliphatic rings. The van der Waals surface area contributed by atoms with Gasteiger partial charge >= 0.3 is 0 Å². The van der Waals surface area contributed by atoms with Crippen molar-refractivity contribution in [2.45, 2.75) is 19.4 Å². The second-order valence-corrected chi connectivity index (χ2v) is 3.80.